The second kappa shape index (κ2) is 7.85. The fourth-order valence-electron chi connectivity index (χ4n) is 2.35. The lowest BCUT2D eigenvalue weighted by Gasteiger charge is -2.08. The normalized spacial score (nSPS) is 10.5. The molecule has 0 saturated carbocycles. The van der Waals surface area contributed by atoms with E-state index in [9.17, 15) is 4.79 Å². The van der Waals surface area contributed by atoms with Gasteiger partial charge in [0.15, 0.2) is 6.61 Å². The second-order valence-corrected chi connectivity index (χ2v) is 6.09. The van der Waals surface area contributed by atoms with E-state index in [0.29, 0.717) is 23.0 Å². The summed E-state index contributed by atoms with van der Waals surface area (Å²) in [7, 11) is 0. The molecule has 1 amide bonds. The number of carbonyl (C=O) groups is 1. The summed E-state index contributed by atoms with van der Waals surface area (Å²) in [5.41, 5.74) is 2.70. The quantitative estimate of drug-likeness (QED) is 0.729. The van der Waals surface area contributed by atoms with Gasteiger partial charge in [-0.1, -0.05) is 41.9 Å². The first kappa shape index (κ1) is 17.0. The van der Waals surface area contributed by atoms with E-state index < -0.39 is 0 Å². The van der Waals surface area contributed by atoms with Crippen LogP contribution in [-0.4, -0.2) is 22.3 Å². The fraction of sp³-hybridized carbons (Fsp3) is 0.158. The maximum absolute atomic E-state index is 12.0. The van der Waals surface area contributed by atoms with Crippen molar-refractivity contribution in [3.05, 3.63) is 77.1 Å². The van der Waals surface area contributed by atoms with Crippen LogP contribution in [-0.2, 0) is 11.3 Å². The first-order chi connectivity index (χ1) is 12.1. The number of hydrogen-bond acceptors (Lipinski definition) is 3. The first-order valence-electron chi connectivity index (χ1n) is 7.85. The smallest absolute Gasteiger partial charge is 0.262 e. The molecular formula is C19H18ClN3O2. The Labute approximate surface area is 151 Å². The average Bonchev–Trinajstić information content (AvgIpc) is 3.03. The number of carbonyl (C=O) groups excluding carboxylic acids is 1. The fourth-order valence-corrected chi connectivity index (χ4v) is 2.48. The van der Waals surface area contributed by atoms with E-state index in [1.165, 1.54) is 0 Å². The van der Waals surface area contributed by atoms with Crippen molar-refractivity contribution in [3.8, 4) is 5.75 Å². The van der Waals surface area contributed by atoms with Crippen LogP contribution in [0.15, 0.2) is 60.9 Å². The molecule has 128 valence electrons. The highest BCUT2D eigenvalue weighted by atomic mass is 35.5. The van der Waals surface area contributed by atoms with Crippen molar-refractivity contribution in [2.75, 3.05) is 11.9 Å². The van der Waals surface area contributed by atoms with Gasteiger partial charge in [-0.25, -0.2) is 0 Å². The summed E-state index contributed by atoms with van der Waals surface area (Å²) in [4.78, 5) is 12.0. The minimum Gasteiger partial charge on any atom is -0.483 e. The van der Waals surface area contributed by atoms with Crippen LogP contribution >= 0.6 is 11.6 Å². The van der Waals surface area contributed by atoms with E-state index >= 15 is 0 Å². The maximum atomic E-state index is 12.0. The van der Waals surface area contributed by atoms with Crippen molar-refractivity contribution in [2.45, 2.75) is 13.5 Å². The third-order valence-corrected chi connectivity index (χ3v) is 3.88. The summed E-state index contributed by atoms with van der Waals surface area (Å²) in [6, 6.07) is 15.1. The molecule has 6 heteroatoms. The van der Waals surface area contributed by atoms with Crippen molar-refractivity contribution in [2.24, 2.45) is 0 Å². The summed E-state index contributed by atoms with van der Waals surface area (Å²) >= 11 is 5.88. The Morgan fingerprint density at radius 1 is 1.20 bits per heavy atom. The summed E-state index contributed by atoms with van der Waals surface area (Å²) < 4.78 is 7.28. The molecule has 0 saturated heterocycles. The predicted molar refractivity (Wildman–Crippen MR) is 98.1 cm³/mol. The lowest BCUT2D eigenvalue weighted by molar-refractivity contribution is -0.118. The summed E-state index contributed by atoms with van der Waals surface area (Å²) in [6.07, 6.45) is 3.39. The number of halogens is 1. The highest BCUT2D eigenvalue weighted by Gasteiger charge is 2.07. The van der Waals surface area contributed by atoms with Gasteiger partial charge in [-0.3, -0.25) is 9.48 Å². The van der Waals surface area contributed by atoms with Gasteiger partial charge in [0.05, 0.1) is 18.4 Å². The van der Waals surface area contributed by atoms with Crippen LogP contribution in [0.25, 0.3) is 0 Å². The van der Waals surface area contributed by atoms with Crippen LogP contribution in [0.3, 0.4) is 0 Å². The highest BCUT2D eigenvalue weighted by Crippen LogP contribution is 2.16. The van der Waals surface area contributed by atoms with Crippen LogP contribution in [0.1, 0.15) is 11.1 Å². The zero-order valence-electron chi connectivity index (χ0n) is 13.8. The van der Waals surface area contributed by atoms with Gasteiger partial charge in [0.25, 0.3) is 5.91 Å². The zero-order chi connectivity index (χ0) is 17.6. The Hall–Kier alpha value is -2.79. The number of aromatic nitrogens is 2. The van der Waals surface area contributed by atoms with Gasteiger partial charge in [0.2, 0.25) is 0 Å². The van der Waals surface area contributed by atoms with Crippen molar-refractivity contribution < 1.29 is 9.53 Å². The SMILES string of the molecule is Cc1ccccc1OCC(=O)Nc1cnn(Cc2ccc(Cl)cc2)c1. The predicted octanol–water partition coefficient (Wildman–Crippen LogP) is 3.91. The largest absolute Gasteiger partial charge is 0.483 e. The summed E-state index contributed by atoms with van der Waals surface area (Å²) in [5.74, 6) is 0.477. The third-order valence-electron chi connectivity index (χ3n) is 3.63. The number of rotatable bonds is 6. The molecule has 0 atom stereocenters. The number of hydrogen-bond donors (Lipinski definition) is 1. The topological polar surface area (TPSA) is 56.1 Å². The van der Waals surface area contributed by atoms with Gasteiger partial charge in [-0.15, -0.1) is 0 Å². The highest BCUT2D eigenvalue weighted by molar-refractivity contribution is 6.30. The van der Waals surface area contributed by atoms with Gasteiger partial charge in [-0.2, -0.15) is 5.10 Å². The number of benzene rings is 2. The van der Waals surface area contributed by atoms with Gasteiger partial charge < -0.3 is 10.1 Å². The van der Waals surface area contributed by atoms with Gasteiger partial charge in [-0.05, 0) is 36.2 Å². The molecule has 1 aromatic heterocycles. The van der Waals surface area contributed by atoms with E-state index in [2.05, 4.69) is 10.4 Å². The molecule has 3 rings (SSSR count). The number of nitrogens with zero attached hydrogens (tertiary/aromatic N) is 2. The van der Waals surface area contributed by atoms with E-state index in [0.717, 1.165) is 11.1 Å². The average molecular weight is 356 g/mol. The monoisotopic (exact) mass is 355 g/mol. The van der Waals surface area contributed by atoms with E-state index in [1.807, 2.05) is 55.5 Å². The van der Waals surface area contributed by atoms with E-state index in [1.54, 1.807) is 17.1 Å². The molecule has 1 heterocycles. The Bertz CT molecular complexity index is 859. The lowest BCUT2D eigenvalue weighted by Crippen LogP contribution is -2.20. The molecule has 2 aromatic carbocycles. The molecule has 0 fully saturated rings. The zero-order valence-corrected chi connectivity index (χ0v) is 14.5. The third kappa shape index (κ3) is 4.84. The Morgan fingerprint density at radius 3 is 2.72 bits per heavy atom. The number of aryl methyl sites for hydroxylation is 1. The van der Waals surface area contributed by atoms with Crippen LogP contribution in [0.5, 0.6) is 5.75 Å². The number of ether oxygens (including phenoxy) is 1. The van der Waals surface area contributed by atoms with Crippen molar-refractivity contribution in [1.82, 2.24) is 9.78 Å². The Balaban J connectivity index is 1.53. The van der Waals surface area contributed by atoms with Crippen LogP contribution in [0.4, 0.5) is 5.69 Å². The Morgan fingerprint density at radius 2 is 1.96 bits per heavy atom. The minimum atomic E-state index is -0.228. The van der Waals surface area contributed by atoms with E-state index in [-0.39, 0.29) is 12.5 Å². The molecular weight excluding hydrogens is 338 g/mol. The maximum Gasteiger partial charge on any atom is 0.262 e. The Kier molecular flexibility index (Phi) is 5.36. The molecule has 0 aliphatic carbocycles. The van der Waals surface area contributed by atoms with Crippen LogP contribution in [0, 0.1) is 6.92 Å². The van der Waals surface area contributed by atoms with Crippen molar-refractivity contribution in [3.63, 3.8) is 0 Å². The lowest BCUT2D eigenvalue weighted by atomic mass is 10.2. The number of nitrogens with one attached hydrogen (secondary N) is 1. The van der Waals surface area contributed by atoms with Crippen molar-refractivity contribution >= 4 is 23.2 Å². The molecule has 5 nitrogen and oxygen atoms in total. The molecule has 0 unspecified atom stereocenters. The van der Waals surface area contributed by atoms with Gasteiger partial charge in [0.1, 0.15) is 5.75 Å². The standard InChI is InChI=1S/C19H18ClN3O2/c1-14-4-2-3-5-18(14)25-13-19(24)22-17-10-21-23(12-17)11-15-6-8-16(20)9-7-15/h2-10,12H,11,13H2,1H3,(H,22,24). The van der Waals surface area contributed by atoms with Gasteiger partial charge >= 0.3 is 0 Å². The summed E-state index contributed by atoms with van der Waals surface area (Å²) in [6.45, 7) is 2.49. The number of amides is 1. The second-order valence-electron chi connectivity index (χ2n) is 5.66. The van der Waals surface area contributed by atoms with Crippen LogP contribution < -0.4 is 10.1 Å². The first-order valence-corrected chi connectivity index (χ1v) is 8.23. The minimum absolute atomic E-state index is 0.0484. The van der Waals surface area contributed by atoms with Crippen molar-refractivity contribution in [1.29, 1.82) is 0 Å². The number of anilines is 1. The number of para-hydroxylation sites is 1. The molecule has 0 aliphatic heterocycles. The molecule has 0 bridgehead atoms. The molecule has 0 spiro atoms. The molecule has 3 aromatic rings. The summed E-state index contributed by atoms with van der Waals surface area (Å²) in [5, 5.41) is 7.73. The van der Waals surface area contributed by atoms with Crippen LogP contribution in [0.2, 0.25) is 5.02 Å². The molecule has 0 aliphatic rings. The molecule has 1 N–H and O–H groups in total. The molecule has 25 heavy (non-hydrogen) atoms. The van der Waals surface area contributed by atoms with Gasteiger partial charge in [0, 0.05) is 11.2 Å². The van der Waals surface area contributed by atoms with E-state index in [4.69, 9.17) is 16.3 Å². The molecule has 0 radical (unpaired) electrons.